The molecule has 1 unspecified atom stereocenters. The molecule has 1 atom stereocenters. The lowest BCUT2D eigenvalue weighted by atomic mass is 10.0. The molecule has 0 saturated heterocycles. The van der Waals surface area contributed by atoms with E-state index in [1.54, 1.807) is 18.2 Å². The summed E-state index contributed by atoms with van der Waals surface area (Å²) in [5, 5.41) is 3.01. The molecule has 1 aromatic carbocycles. The van der Waals surface area contributed by atoms with Gasteiger partial charge in [-0.15, -0.1) is 11.3 Å². The molecule has 2 N–H and O–H groups in total. The van der Waals surface area contributed by atoms with E-state index >= 15 is 0 Å². The fourth-order valence-corrected chi connectivity index (χ4v) is 3.90. The molecule has 3 aromatic rings. The van der Waals surface area contributed by atoms with Crippen LogP contribution in [0.4, 0.5) is 4.39 Å². The standard InChI is InChI=1S/C21H20FN3O2S/c1-12-2-9-18(28-12)21(27)24-17(13-5-7-15(22)8-6-13)10-16-11-19(26)25-20(23-16)14-3-4-14/h2,5-9,11,14,17H,3-4,10H2,1H3,(H,24,27)(H,23,25,26). The summed E-state index contributed by atoms with van der Waals surface area (Å²) in [6, 6.07) is 10.8. The quantitative estimate of drug-likeness (QED) is 0.663. The van der Waals surface area contributed by atoms with Crippen molar-refractivity contribution in [1.82, 2.24) is 15.3 Å². The molecular weight excluding hydrogens is 377 g/mol. The molecule has 1 saturated carbocycles. The van der Waals surface area contributed by atoms with Gasteiger partial charge in [-0.1, -0.05) is 12.1 Å². The van der Waals surface area contributed by atoms with E-state index in [4.69, 9.17) is 0 Å². The minimum atomic E-state index is -0.420. The van der Waals surface area contributed by atoms with E-state index < -0.39 is 6.04 Å². The molecule has 144 valence electrons. The van der Waals surface area contributed by atoms with Crippen LogP contribution >= 0.6 is 11.3 Å². The minimum Gasteiger partial charge on any atom is -0.344 e. The Bertz CT molecular complexity index is 1050. The summed E-state index contributed by atoms with van der Waals surface area (Å²) >= 11 is 1.42. The average molecular weight is 397 g/mol. The van der Waals surface area contributed by atoms with Crippen molar-refractivity contribution in [2.45, 2.75) is 38.1 Å². The molecule has 2 aromatic heterocycles. The zero-order valence-electron chi connectivity index (χ0n) is 15.4. The van der Waals surface area contributed by atoms with E-state index in [0.29, 0.717) is 28.7 Å². The zero-order chi connectivity index (χ0) is 19.7. The van der Waals surface area contributed by atoms with E-state index in [2.05, 4.69) is 15.3 Å². The molecule has 1 amide bonds. The van der Waals surface area contributed by atoms with E-state index in [1.165, 1.54) is 29.5 Å². The number of benzene rings is 1. The lowest BCUT2D eigenvalue weighted by Gasteiger charge is -2.19. The van der Waals surface area contributed by atoms with Crippen LogP contribution in [0.2, 0.25) is 0 Å². The van der Waals surface area contributed by atoms with Crippen LogP contribution in [-0.2, 0) is 6.42 Å². The van der Waals surface area contributed by atoms with Gasteiger partial charge < -0.3 is 10.3 Å². The summed E-state index contributed by atoms with van der Waals surface area (Å²) in [7, 11) is 0. The predicted octanol–water partition coefficient (Wildman–Crippen LogP) is 3.87. The first-order valence-electron chi connectivity index (χ1n) is 9.21. The second kappa shape index (κ2) is 7.67. The van der Waals surface area contributed by atoms with E-state index in [0.717, 1.165) is 23.3 Å². The fraction of sp³-hybridized carbons (Fsp3) is 0.286. The van der Waals surface area contributed by atoms with Crippen molar-refractivity contribution in [3.8, 4) is 0 Å². The molecule has 28 heavy (non-hydrogen) atoms. The van der Waals surface area contributed by atoms with E-state index in [1.807, 2.05) is 13.0 Å². The van der Waals surface area contributed by atoms with Crippen LogP contribution in [0.1, 0.15) is 56.4 Å². The van der Waals surface area contributed by atoms with Crippen LogP contribution in [-0.4, -0.2) is 15.9 Å². The number of nitrogens with one attached hydrogen (secondary N) is 2. The van der Waals surface area contributed by atoms with Gasteiger partial charge in [-0.05, 0) is 49.6 Å². The highest BCUT2D eigenvalue weighted by Gasteiger charge is 2.27. The SMILES string of the molecule is Cc1ccc(C(=O)NC(Cc2cc(=O)[nH]c(C3CC3)n2)c2ccc(F)cc2)s1. The van der Waals surface area contributed by atoms with Crippen LogP contribution in [0.3, 0.4) is 0 Å². The topological polar surface area (TPSA) is 74.8 Å². The number of hydrogen-bond acceptors (Lipinski definition) is 4. The summed E-state index contributed by atoms with van der Waals surface area (Å²) in [6.45, 7) is 1.94. The Labute approximate surface area is 165 Å². The maximum absolute atomic E-state index is 13.4. The number of carbonyl (C=O) groups excluding carboxylic acids is 1. The van der Waals surface area contributed by atoms with E-state index in [9.17, 15) is 14.0 Å². The Kier molecular flexibility index (Phi) is 5.09. The number of thiophene rings is 1. The number of aromatic amines is 1. The number of aryl methyl sites for hydroxylation is 1. The third-order valence-corrected chi connectivity index (χ3v) is 5.73. The molecule has 1 aliphatic carbocycles. The van der Waals surface area contributed by atoms with Crippen LogP contribution < -0.4 is 10.9 Å². The predicted molar refractivity (Wildman–Crippen MR) is 106 cm³/mol. The number of hydrogen-bond donors (Lipinski definition) is 2. The largest absolute Gasteiger partial charge is 0.344 e. The Morgan fingerprint density at radius 1 is 1.29 bits per heavy atom. The maximum atomic E-state index is 13.4. The van der Waals surface area contributed by atoms with Crippen molar-refractivity contribution < 1.29 is 9.18 Å². The van der Waals surface area contributed by atoms with Crippen LogP contribution in [0.25, 0.3) is 0 Å². The van der Waals surface area contributed by atoms with Crippen molar-refractivity contribution >= 4 is 17.2 Å². The van der Waals surface area contributed by atoms with Crippen molar-refractivity contribution in [2.24, 2.45) is 0 Å². The Morgan fingerprint density at radius 2 is 2.04 bits per heavy atom. The van der Waals surface area contributed by atoms with Gasteiger partial charge in [-0.25, -0.2) is 9.37 Å². The van der Waals surface area contributed by atoms with Crippen LogP contribution in [0, 0.1) is 12.7 Å². The van der Waals surface area contributed by atoms with Crippen molar-refractivity contribution in [3.63, 3.8) is 0 Å². The van der Waals surface area contributed by atoms with Gasteiger partial charge >= 0.3 is 0 Å². The van der Waals surface area contributed by atoms with Gasteiger partial charge in [0.05, 0.1) is 16.6 Å². The summed E-state index contributed by atoms with van der Waals surface area (Å²) < 4.78 is 13.4. The van der Waals surface area contributed by atoms with Crippen molar-refractivity contribution in [2.75, 3.05) is 0 Å². The normalized spacial score (nSPS) is 14.6. The molecule has 0 aliphatic heterocycles. The summed E-state index contributed by atoms with van der Waals surface area (Å²) in [6.07, 6.45) is 2.41. The highest BCUT2D eigenvalue weighted by Crippen LogP contribution is 2.37. The van der Waals surface area contributed by atoms with Gasteiger partial charge in [0.25, 0.3) is 11.5 Å². The summed E-state index contributed by atoms with van der Waals surface area (Å²) in [4.78, 5) is 33.8. The highest BCUT2D eigenvalue weighted by molar-refractivity contribution is 7.13. The first-order chi connectivity index (χ1) is 13.5. The van der Waals surface area contributed by atoms with Gasteiger partial charge in [0, 0.05) is 23.3 Å². The number of H-pyrrole nitrogens is 1. The second-order valence-electron chi connectivity index (χ2n) is 7.09. The summed E-state index contributed by atoms with van der Waals surface area (Å²) in [5.41, 5.74) is 1.19. The Hall–Kier alpha value is -2.80. The molecule has 7 heteroatoms. The van der Waals surface area contributed by atoms with Crippen LogP contribution in [0.5, 0.6) is 0 Å². The first kappa shape index (κ1) is 18.6. The lowest BCUT2D eigenvalue weighted by Crippen LogP contribution is -2.30. The molecular formula is C21H20FN3O2S. The van der Waals surface area contributed by atoms with Gasteiger partial charge in [0.2, 0.25) is 0 Å². The highest BCUT2D eigenvalue weighted by atomic mass is 32.1. The van der Waals surface area contributed by atoms with Crippen LogP contribution in [0.15, 0.2) is 47.3 Å². The zero-order valence-corrected chi connectivity index (χ0v) is 16.2. The van der Waals surface area contributed by atoms with Crippen molar-refractivity contribution in [3.05, 3.63) is 85.5 Å². The second-order valence-corrected chi connectivity index (χ2v) is 8.38. The number of nitrogens with zero attached hydrogens (tertiary/aromatic N) is 1. The van der Waals surface area contributed by atoms with Gasteiger partial charge in [0.15, 0.2) is 0 Å². The number of carbonyl (C=O) groups is 1. The average Bonchev–Trinajstić information content (AvgIpc) is 3.42. The molecule has 2 heterocycles. The lowest BCUT2D eigenvalue weighted by molar-refractivity contribution is 0.0940. The molecule has 0 bridgehead atoms. The van der Waals surface area contributed by atoms with E-state index in [-0.39, 0.29) is 17.3 Å². The minimum absolute atomic E-state index is 0.190. The number of aromatic nitrogens is 2. The number of halogens is 1. The number of rotatable bonds is 6. The smallest absolute Gasteiger partial charge is 0.261 e. The van der Waals surface area contributed by atoms with Crippen molar-refractivity contribution in [1.29, 1.82) is 0 Å². The molecule has 4 rings (SSSR count). The first-order valence-corrected chi connectivity index (χ1v) is 10.0. The summed E-state index contributed by atoms with van der Waals surface area (Å²) in [5.74, 6) is 0.494. The molecule has 0 radical (unpaired) electrons. The Morgan fingerprint density at radius 3 is 2.68 bits per heavy atom. The molecule has 0 spiro atoms. The fourth-order valence-electron chi connectivity index (χ4n) is 3.13. The molecule has 1 fully saturated rings. The van der Waals surface area contributed by atoms with Gasteiger partial charge in [0.1, 0.15) is 11.6 Å². The monoisotopic (exact) mass is 397 g/mol. The third kappa shape index (κ3) is 4.36. The maximum Gasteiger partial charge on any atom is 0.261 e. The third-order valence-electron chi connectivity index (χ3n) is 4.73. The molecule has 5 nitrogen and oxygen atoms in total. The Balaban J connectivity index is 1.62. The molecule has 1 aliphatic rings. The van der Waals surface area contributed by atoms with Gasteiger partial charge in [-0.3, -0.25) is 9.59 Å². The van der Waals surface area contributed by atoms with Gasteiger partial charge in [-0.2, -0.15) is 0 Å². The number of amides is 1.